The van der Waals surface area contributed by atoms with Gasteiger partial charge in [-0.25, -0.2) is 13.8 Å². The number of allylic oxidation sites excluding steroid dienone is 4. The first kappa shape index (κ1) is 23.1. The molecule has 0 bridgehead atoms. The van der Waals surface area contributed by atoms with Crippen molar-refractivity contribution in [1.82, 2.24) is 20.3 Å². The molecule has 0 aromatic carbocycles. The number of hydrogen-bond acceptors (Lipinski definition) is 7. The Morgan fingerprint density at radius 2 is 2.06 bits per heavy atom. The van der Waals surface area contributed by atoms with E-state index < -0.39 is 5.92 Å². The van der Waals surface area contributed by atoms with Gasteiger partial charge in [0.25, 0.3) is 11.8 Å². The molecule has 5 rings (SSSR count). The van der Waals surface area contributed by atoms with Crippen LogP contribution >= 0.6 is 0 Å². The number of pyridine rings is 2. The zero-order chi connectivity index (χ0) is 24.4. The van der Waals surface area contributed by atoms with Crippen LogP contribution in [0.5, 0.6) is 5.88 Å². The summed E-state index contributed by atoms with van der Waals surface area (Å²) in [7, 11) is 1.53. The van der Waals surface area contributed by atoms with Crippen molar-refractivity contribution >= 4 is 22.9 Å². The molecule has 2 N–H and O–H groups in total. The molecule has 0 spiro atoms. The first-order valence-electron chi connectivity index (χ1n) is 11.5. The summed E-state index contributed by atoms with van der Waals surface area (Å²) < 4.78 is 32.0. The summed E-state index contributed by atoms with van der Waals surface area (Å²) in [6.45, 7) is 1.33. The van der Waals surface area contributed by atoms with Gasteiger partial charge in [-0.2, -0.15) is 5.10 Å². The van der Waals surface area contributed by atoms with Gasteiger partial charge in [-0.15, -0.1) is 0 Å². The van der Waals surface area contributed by atoms with E-state index in [0.29, 0.717) is 43.3 Å². The number of anilines is 1. The number of ether oxygens (including phenoxy) is 1. The highest BCUT2D eigenvalue weighted by molar-refractivity contribution is 6.44. The zero-order valence-electron chi connectivity index (χ0n) is 19.3. The van der Waals surface area contributed by atoms with Crippen LogP contribution in [0, 0.1) is 5.92 Å². The fourth-order valence-corrected chi connectivity index (χ4v) is 4.51. The van der Waals surface area contributed by atoms with Gasteiger partial charge in [0.2, 0.25) is 5.88 Å². The Hall–Kier alpha value is -3.66. The van der Waals surface area contributed by atoms with E-state index in [9.17, 15) is 13.6 Å². The van der Waals surface area contributed by atoms with Crippen LogP contribution in [0.3, 0.4) is 0 Å². The van der Waals surface area contributed by atoms with Gasteiger partial charge in [0.05, 0.1) is 24.9 Å². The number of carbonyl (C=O) groups excluding carboxylic acids is 1. The van der Waals surface area contributed by atoms with Crippen molar-refractivity contribution < 1.29 is 18.3 Å². The van der Waals surface area contributed by atoms with E-state index >= 15 is 0 Å². The van der Waals surface area contributed by atoms with Gasteiger partial charge in [0.15, 0.2) is 0 Å². The maximum atomic E-state index is 13.5. The van der Waals surface area contributed by atoms with Crippen molar-refractivity contribution in [2.45, 2.75) is 31.7 Å². The van der Waals surface area contributed by atoms with Gasteiger partial charge in [-0.05, 0) is 41.3 Å². The molecule has 2 aromatic heterocycles. The lowest BCUT2D eigenvalue weighted by molar-refractivity contribution is -0.110. The summed E-state index contributed by atoms with van der Waals surface area (Å²) in [5.41, 5.74) is 7.74. The molecule has 1 aliphatic carbocycles. The molecule has 1 fully saturated rings. The molecule has 1 saturated heterocycles. The number of rotatable bonds is 6. The molecule has 1 amide bonds. The molecule has 8 nitrogen and oxygen atoms in total. The molecular weight excluding hydrogens is 454 g/mol. The maximum absolute atomic E-state index is 13.5. The third-order valence-corrected chi connectivity index (χ3v) is 6.49. The predicted molar refractivity (Wildman–Crippen MR) is 128 cm³/mol. The van der Waals surface area contributed by atoms with E-state index in [1.807, 2.05) is 23.1 Å². The quantitative estimate of drug-likeness (QED) is 0.657. The molecule has 10 heteroatoms. The predicted octanol–water partition coefficient (Wildman–Crippen LogP) is 3.60. The summed E-state index contributed by atoms with van der Waals surface area (Å²) in [5, 5.41) is 7.11. The van der Waals surface area contributed by atoms with Gasteiger partial charge in [-0.3, -0.25) is 20.1 Å². The third-order valence-electron chi connectivity index (χ3n) is 6.49. The maximum Gasteiger partial charge on any atom is 0.272 e. The molecule has 182 valence electrons. The topological polar surface area (TPSA) is 91.7 Å². The van der Waals surface area contributed by atoms with Crippen molar-refractivity contribution in [2.24, 2.45) is 11.0 Å². The molecule has 2 aromatic rings. The van der Waals surface area contributed by atoms with E-state index in [1.165, 1.54) is 13.3 Å². The van der Waals surface area contributed by atoms with Gasteiger partial charge in [0.1, 0.15) is 5.71 Å². The Balaban J connectivity index is 1.25. The number of amides is 1. The van der Waals surface area contributed by atoms with Gasteiger partial charge in [0, 0.05) is 56.6 Å². The number of carbonyl (C=O) groups is 1. The number of likely N-dealkylation sites (tertiary alicyclic amines) is 1. The van der Waals surface area contributed by atoms with E-state index in [-0.39, 0.29) is 24.7 Å². The van der Waals surface area contributed by atoms with E-state index in [2.05, 4.69) is 25.8 Å². The summed E-state index contributed by atoms with van der Waals surface area (Å²) in [6.07, 6.45) is 9.42. The number of fused-ring (bicyclic) bond motifs is 1. The number of piperidine rings is 1. The van der Waals surface area contributed by atoms with Crippen LogP contribution in [0.1, 0.15) is 30.4 Å². The lowest BCUT2D eigenvalue weighted by Gasteiger charge is -2.31. The van der Waals surface area contributed by atoms with E-state index in [4.69, 9.17) is 4.74 Å². The minimum Gasteiger partial charge on any atom is -0.481 e. The van der Waals surface area contributed by atoms with Gasteiger partial charge < -0.3 is 10.1 Å². The summed E-state index contributed by atoms with van der Waals surface area (Å²) in [6, 6.07) is 5.44. The number of halogens is 2. The molecular formula is C25H26F2N6O2. The smallest absolute Gasteiger partial charge is 0.272 e. The van der Waals surface area contributed by atoms with Crippen LogP contribution in [0.25, 0.3) is 5.57 Å². The Morgan fingerprint density at radius 1 is 1.23 bits per heavy atom. The average Bonchev–Trinajstić information content (AvgIpc) is 3.29. The number of hydrazone groups is 1. The monoisotopic (exact) mass is 480 g/mol. The number of nitrogens with zero attached hydrogens (tertiary/aromatic N) is 4. The summed E-state index contributed by atoms with van der Waals surface area (Å²) in [4.78, 5) is 23.5. The molecule has 1 atom stereocenters. The van der Waals surface area contributed by atoms with Crippen molar-refractivity contribution in [3.05, 3.63) is 65.8 Å². The lowest BCUT2D eigenvalue weighted by Crippen LogP contribution is -2.38. The Morgan fingerprint density at radius 3 is 2.80 bits per heavy atom. The van der Waals surface area contributed by atoms with Crippen LogP contribution in [0.15, 0.2) is 59.7 Å². The number of methoxy groups -OCH3 is 1. The van der Waals surface area contributed by atoms with Crippen LogP contribution in [-0.2, 0) is 11.3 Å². The SMILES string of the molecule is COc1ccc(NC(=O)C2=NNC3=CC=C(c4cncc(CN5CCC(F)(F)CC5)c4)CC32)cn1. The summed E-state index contributed by atoms with van der Waals surface area (Å²) in [5.74, 6) is -2.59. The molecule has 3 aliphatic rings. The Kier molecular flexibility index (Phi) is 6.29. The van der Waals surface area contributed by atoms with Crippen molar-refractivity contribution in [3.8, 4) is 5.88 Å². The molecule has 0 radical (unpaired) electrons. The minimum atomic E-state index is -2.56. The first-order chi connectivity index (χ1) is 16.9. The van der Waals surface area contributed by atoms with Crippen LogP contribution in [-0.4, -0.2) is 52.6 Å². The average molecular weight is 481 g/mol. The second-order valence-electron chi connectivity index (χ2n) is 8.94. The second-order valence-corrected chi connectivity index (χ2v) is 8.94. The standard InChI is InChI=1S/C25H26F2N6O2/c1-35-22-5-3-19(14-29-22)30-24(34)23-20-11-17(2-4-21(20)31-32-23)18-10-16(12-28-13-18)15-33-8-6-25(26,27)7-9-33/h2-5,10,12-14,20,31H,6-9,11,15H2,1H3,(H,30,34). The number of nitrogens with one attached hydrogen (secondary N) is 2. The van der Waals surface area contributed by atoms with Crippen molar-refractivity contribution in [3.63, 3.8) is 0 Å². The largest absolute Gasteiger partial charge is 0.481 e. The highest BCUT2D eigenvalue weighted by atomic mass is 19.3. The van der Waals surface area contributed by atoms with Crippen molar-refractivity contribution in [1.29, 1.82) is 0 Å². The van der Waals surface area contributed by atoms with Crippen molar-refractivity contribution in [2.75, 3.05) is 25.5 Å². The number of alkyl halides is 2. The molecule has 4 heterocycles. The Labute approximate surface area is 201 Å². The fourth-order valence-electron chi connectivity index (χ4n) is 4.51. The molecule has 35 heavy (non-hydrogen) atoms. The molecule has 2 aliphatic heterocycles. The third kappa shape index (κ3) is 5.22. The number of hydrogen-bond donors (Lipinski definition) is 2. The highest BCUT2D eigenvalue weighted by Gasteiger charge is 2.35. The van der Waals surface area contributed by atoms with E-state index in [1.54, 1.807) is 24.5 Å². The first-order valence-corrected chi connectivity index (χ1v) is 11.5. The van der Waals surface area contributed by atoms with Gasteiger partial charge >= 0.3 is 0 Å². The lowest BCUT2D eigenvalue weighted by atomic mass is 9.85. The van der Waals surface area contributed by atoms with Crippen LogP contribution < -0.4 is 15.5 Å². The van der Waals surface area contributed by atoms with Gasteiger partial charge in [-0.1, -0.05) is 6.08 Å². The second kappa shape index (κ2) is 9.53. The van der Waals surface area contributed by atoms with Crippen LogP contribution in [0.2, 0.25) is 0 Å². The van der Waals surface area contributed by atoms with Crippen LogP contribution in [0.4, 0.5) is 14.5 Å². The minimum absolute atomic E-state index is 0.107. The number of aromatic nitrogens is 2. The Bertz CT molecular complexity index is 1200. The normalized spacial score (nSPS) is 21.2. The molecule has 0 saturated carbocycles. The summed E-state index contributed by atoms with van der Waals surface area (Å²) >= 11 is 0. The zero-order valence-corrected chi connectivity index (χ0v) is 19.3. The van der Waals surface area contributed by atoms with E-state index in [0.717, 1.165) is 22.4 Å². The fraction of sp³-hybridized carbons (Fsp3) is 0.360. The highest BCUT2D eigenvalue weighted by Crippen LogP contribution is 2.34. The molecule has 1 unspecified atom stereocenters.